The summed E-state index contributed by atoms with van der Waals surface area (Å²) < 4.78 is 15.8. The molecule has 7 nitrogen and oxygen atoms in total. The van der Waals surface area contributed by atoms with Crippen LogP contribution in [0.1, 0.15) is 29.8 Å². The average molecular weight is 358 g/mol. The fourth-order valence-electron chi connectivity index (χ4n) is 2.14. The number of carbonyl (C=O) groups excluding carboxylic acids is 1. The summed E-state index contributed by atoms with van der Waals surface area (Å²) in [6, 6.07) is 9.67. The van der Waals surface area contributed by atoms with Crippen molar-refractivity contribution in [1.29, 1.82) is 0 Å². The lowest BCUT2D eigenvalue weighted by Gasteiger charge is -2.10. The Morgan fingerprint density at radius 2 is 1.73 bits per heavy atom. The van der Waals surface area contributed by atoms with Gasteiger partial charge < -0.3 is 19.3 Å². The molecule has 0 aliphatic carbocycles. The van der Waals surface area contributed by atoms with Crippen LogP contribution in [-0.2, 0) is 0 Å². The first-order valence-corrected chi connectivity index (χ1v) is 7.99. The Hall–Kier alpha value is -3.22. The third-order valence-electron chi connectivity index (χ3n) is 3.36. The minimum Gasteiger partial charge on any atom is -0.507 e. The standard InChI is InChI=1S/C19H22N2O5/c1-12(2)26-15-6-5-13(18(22)10-15)11-20-21-19(23)14-7-16(24-3)9-17(8-14)25-4/h5-12,22H,1-4H3,(H,21,23)/b20-11-. The molecule has 1 amide bonds. The normalized spacial score (nSPS) is 10.8. The van der Waals surface area contributed by atoms with Gasteiger partial charge in [-0.25, -0.2) is 5.43 Å². The first kappa shape index (κ1) is 19.1. The molecule has 0 heterocycles. The second-order valence-electron chi connectivity index (χ2n) is 5.69. The summed E-state index contributed by atoms with van der Waals surface area (Å²) in [5, 5.41) is 13.9. The summed E-state index contributed by atoms with van der Waals surface area (Å²) in [5.74, 6) is 1.12. The fraction of sp³-hybridized carbons (Fsp3) is 0.263. The number of ether oxygens (including phenoxy) is 3. The Bertz CT molecular complexity index is 780. The molecule has 0 spiro atoms. The van der Waals surface area contributed by atoms with E-state index in [4.69, 9.17) is 14.2 Å². The Morgan fingerprint density at radius 3 is 2.27 bits per heavy atom. The summed E-state index contributed by atoms with van der Waals surface area (Å²) in [7, 11) is 3.01. The zero-order valence-corrected chi connectivity index (χ0v) is 15.1. The van der Waals surface area contributed by atoms with E-state index in [1.807, 2.05) is 13.8 Å². The van der Waals surface area contributed by atoms with Gasteiger partial charge in [0, 0.05) is 23.3 Å². The summed E-state index contributed by atoms with van der Waals surface area (Å²) in [4.78, 5) is 12.2. The smallest absolute Gasteiger partial charge is 0.271 e. The van der Waals surface area contributed by atoms with Crippen LogP contribution in [0, 0.1) is 0 Å². The maximum Gasteiger partial charge on any atom is 0.271 e. The van der Waals surface area contributed by atoms with E-state index >= 15 is 0 Å². The van der Waals surface area contributed by atoms with E-state index in [-0.39, 0.29) is 11.9 Å². The Labute approximate surface area is 152 Å². The molecule has 2 rings (SSSR count). The van der Waals surface area contributed by atoms with Crippen LogP contribution in [0.15, 0.2) is 41.5 Å². The van der Waals surface area contributed by atoms with Gasteiger partial charge in [-0.15, -0.1) is 0 Å². The highest BCUT2D eigenvalue weighted by atomic mass is 16.5. The first-order chi connectivity index (χ1) is 12.4. The summed E-state index contributed by atoms with van der Waals surface area (Å²) in [6.45, 7) is 3.80. The quantitative estimate of drug-likeness (QED) is 0.587. The molecule has 0 aliphatic rings. The SMILES string of the molecule is COc1cc(OC)cc(C(=O)N/N=C\c2ccc(OC(C)C)cc2O)c1. The van der Waals surface area contributed by atoms with Crippen LogP contribution in [0.5, 0.6) is 23.0 Å². The molecule has 0 fully saturated rings. The van der Waals surface area contributed by atoms with Crippen molar-refractivity contribution in [3.63, 3.8) is 0 Å². The predicted molar refractivity (Wildman–Crippen MR) is 98.5 cm³/mol. The number of carbonyl (C=O) groups is 1. The highest BCUT2D eigenvalue weighted by Gasteiger charge is 2.09. The van der Waals surface area contributed by atoms with Crippen LogP contribution >= 0.6 is 0 Å². The van der Waals surface area contributed by atoms with Crippen molar-refractivity contribution < 1.29 is 24.1 Å². The number of hydrogen-bond donors (Lipinski definition) is 2. The number of amides is 1. The molecule has 0 aliphatic heterocycles. The molecule has 0 radical (unpaired) electrons. The van der Waals surface area contributed by atoms with Crippen molar-refractivity contribution in [2.24, 2.45) is 5.10 Å². The molecule has 0 unspecified atom stereocenters. The first-order valence-electron chi connectivity index (χ1n) is 7.99. The maximum atomic E-state index is 12.2. The minimum absolute atomic E-state index is 0.00389. The highest BCUT2D eigenvalue weighted by molar-refractivity contribution is 5.96. The van der Waals surface area contributed by atoms with Crippen LogP contribution in [0.25, 0.3) is 0 Å². The molecule has 2 N–H and O–H groups in total. The number of hydrogen-bond acceptors (Lipinski definition) is 6. The number of nitrogens with zero attached hydrogens (tertiary/aromatic N) is 1. The second-order valence-corrected chi connectivity index (χ2v) is 5.69. The Balaban J connectivity index is 2.07. The largest absolute Gasteiger partial charge is 0.507 e. The van der Waals surface area contributed by atoms with Gasteiger partial charge in [0.2, 0.25) is 0 Å². The van der Waals surface area contributed by atoms with Gasteiger partial charge in [0.15, 0.2) is 0 Å². The van der Waals surface area contributed by atoms with Crippen molar-refractivity contribution in [2.45, 2.75) is 20.0 Å². The average Bonchev–Trinajstić information content (AvgIpc) is 2.62. The molecule has 2 aromatic carbocycles. The van der Waals surface area contributed by atoms with Gasteiger partial charge in [0.1, 0.15) is 23.0 Å². The van der Waals surface area contributed by atoms with Crippen LogP contribution in [-0.4, -0.2) is 37.6 Å². The maximum absolute atomic E-state index is 12.2. The minimum atomic E-state index is -0.433. The third kappa shape index (κ3) is 5.14. The topological polar surface area (TPSA) is 89.4 Å². The van der Waals surface area contributed by atoms with Crippen LogP contribution in [0.4, 0.5) is 0 Å². The predicted octanol–water partition coefficient (Wildman–Crippen LogP) is 2.96. The van der Waals surface area contributed by atoms with E-state index in [1.165, 1.54) is 26.5 Å². The zero-order chi connectivity index (χ0) is 19.1. The number of nitrogens with one attached hydrogen (secondary N) is 1. The monoisotopic (exact) mass is 358 g/mol. The molecule has 26 heavy (non-hydrogen) atoms. The van der Waals surface area contributed by atoms with Gasteiger partial charge in [-0.1, -0.05) is 0 Å². The number of phenols is 1. The van der Waals surface area contributed by atoms with Gasteiger partial charge >= 0.3 is 0 Å². The second kappa shape index (κ2) is 8.75. The number of benzene rings is 2. The van der Waals surface area contributed by atoms with Gasteiger partial charge in [-0.3, -0.25) is 4.79 Å². The lowest BCUT2D eigenvalue weighted by atomic mass is 10.2. The van der Waals surface area contributed by atoms with E-state index in [9.17, 15) is 9.90 Å². The van der Waals surface area contributed by atoms with Crippen LogP contribution < -0.4 is 19.6 Å². The number of methoxy groups -OCH3 is 2. The van der Waals surface area contributed by atoms with Gasteiger partial charge in [-0.05, 0) is 38.1 Å². The van der Waals surface area contributed by atoms with E-state index in [0.717, 1.165) is 0 Å². The molecule has 138 valence electrons. The van der Waals surface area contributed by atoms with Crippen molar-refractivity contribution in [2.75, 3.05) is 14.2 Å². The molecular formula is C19H22N2O5. The summed E-state index contributed by atoms with van der Waals surface area (Å²) >= 11 is 0. The van der Waals surface area contributed by atoms with Crippen LogP contribution in [0.2, 0.25) is 0 Å². The lowest BCUT2D eigenvalue weighted by Crippen LogP contribution is -2.17. The van der Waals surface area contributed by atoms with Crippen molar-refractivity contribution in [1.82, 2.24) is 5.43 Å². The summed E-state index contributed by atoms with van der Waals surface area (Å²) in [5.41, 5.74) is 3.19. The van der Waals surface area contributed by atoms with Gasteiger partial charge in [-0.2, -0.15) is 5.10 Å². The zero-order valence-electron chi connectivity index (χ0n) is 15.1. The molecule has 7 heteroatoms. The molecule has 0 bridgehead atoms. The van der Waals surface area contributed by atoms with Crippen molar-refractivity contribution in [3.8, 4) is 23.0 Å². The Morgan fingerprint density at radius 1 is 1.08 bits per heavy atom. The molecule has 0 saturated carbocycles. The van der Waals surface area contributed by atoms with Crippen molar-refractivity contribution >= 4 is 12.1 Å². The number of rotatable bonds is 7. The molecule has 2 aromatic rings. The van der Waals surface area contributed by atoms with Gasteiger partial charge in [0.25, 0.3) is 5.91 Å². The van der Waals surface area contributed by atoms with Crippen LogP contribution in [0.3, 0.4) is 0 Å². The Kier molecular flexibility index (Phi) is 6.43. The molecular weight excluding hydrogens is 336 g/mol. The molecule has 0 atom stereocenters. The van der Waals surface area contributed by atoms with Crippen molar-refractivity contribution in [3.05, 3.63) is 47.5 Å². The molecule has 0 saturated heterocycles. The number of aromatic hydroxyl groups is 1. The molecule has 0 aromatic heterocycles. The third-order valence-corrected chi connectivity index (χ3v) is 3.36. The lowest BCUT2D eigenvalue weighted by molar-refractivity contribution is 0.0954. The van der Waals surface area contributed by atoms with Gasteiger partial charge in [0.05, 0.1) is 26.5 Å². The number of phenolic OH excluding ortho intramolecular Hbond substituents is 1. The number of hydrazone groups is 1. The van der Waals surface area contributed by atoms with E-state index in [2.05, 4.69) is 10.5 Å². The van der Waals surface area contributed by atoms with E-state index < -0.39 is 5.91 Å². The van der Waals surface area contributed by atoms with E-state index in [1.54, 1.807) is 30.3 Å². The fourth-order valence-corrected chi connectivity index (χ4v) is 2.14. The highest BCUT2D eigenvalue weighted by Crippen LogP contribution is 2.24. The van der Waals surface area contributed by atoms with E-state index in [0.29, 0.717) is 28.4 Å². The summed E-state index contributed by atoms with van der Waals surface area (Å²) in [6.07, 6.45) is 1.36.